The minimum Gasteiger partial charge on any atom is -0.482 e. The van der Waals surface area contributed by atoms with Gasteiger partial charge in [0.2, 0.25) is 0 Å². The Morgan fingerprint density at radius 3 is 2.87 bits per heavy atom. The fourth-order valence-corrected chi connectivity index (χ4v) is 4.44. The Kier molecular flexibility index (Phi) is 4.22. The molecule has 0 radical (unpaired) electrons. The van der Waals surface area contributed by atoms with Gasteiger partial charge in [-0.05, 0) is 42.7 Å². The molecule has 2 aromatic heterocycles. The summed E-state index contributed by atoms with van der Waals surface area (Å²) in [6.45, 7) is 3.37. The molecule has 1 unspecified atom stereocenters. The number of hydrogen-bond acceptors (Lipinski definition) is 6. The summed E-state index contributed by atoms with van der Waals surface area (Å²) in [5, 5.41) is 14.4. The van der Waals surface area contributed by atoms with E-state index in [0.29, 0.717) is 18.0 Å². The molecule has 2 aliphatic rings. The summed E-state index contributed by atoms with van der Waals surface area (Å²) in [5.41, 5.74) is 10.7. The number of pyridine rings is 1. The van der Waals surface area contributed by atoms with Crippen LogP contribution in [-0.4, -0.2) is 26.2 Å². The summed E-state index contributed by atoms with van der Waals surface area (Å²) in [5.74, 6) is 0.350. The van der Waals surface area contributed by atoms with E-state index < -0.39 is 6.10 Å². The van der Waals surface area contributed by atoms with Crippen molar-refractivity contribution in [2.24, 2.45) is 7.05 Å². The molecular formula is C22H21FN6O. The van der Waals surface area contributed by atoms with Gasteiger partial charge < -0.3 is 10.5 Å². The zero-order valence-electron chi connectivity index (χ0n) is 16.8. The van der Waals surface area contributed by atoms with Gasteiger partial charge in [0.1, 0.15) is 23.7 Å². The lowest BCUT2D eigenvalue weighted by Crippen LogP contribution is -2.41. The van der Waals surface area contributed by atoms with Crippen LogP contribution in [0.25, 0.3) is 11.1 Å². The van der Waals surface area contributed by atoms with Crippen LogP contribution < -0.4 is 10.5 Å². The van der Waals surface area contributed by atoms with E-state index in [1.165, 1.54) is 12.1 Å². The third kappa shape index (κ3) is 2.82. The highest BCUT2D eigenvalue weighted by atomic mass is 19.1. The van der Waals surface area contributed by atoms with Crippen LogP contribution in [0.2, 0.25) is 0 Å². The number of benzene rings is 1. The zero-order valence-corrected chi connectivity index (χ0v) is 16.8. The summed E-state index contributed by atoms with van der Waals surface area (Å²) < 4.78 is 21.9. The number of nitriles is 1. The number of anilines is 1. The van der Waals surface area contributed by atoms with E-state index in [2.05, 4.69) is 21.1 Å². The molecule has 4 heterocycles. The fraction of sp³-hybridized carbons (Fsp3) is 0.318. The van der Waals surface area contributed by atoms with Crippen molar-refractivity contribution >= 4 is 5.82 Å². The van der Waals surface area contributed by atoms with Crippen molar-refractivity contribution in [2.45, 2.75) is 32.0 Å². The number of aromatic nitrogens is 3. The molecule has 0 saturated carbocycles. The Balaban J connectivity index is 1.73. The zero-order chi connectivity index (χ0) is 21.0. The first-order valence-electron chi connectivity index (χ1n) is 9.88. The van der Waals surface area contributed by atoms with E-state index in [-0.39, 0.29) is 17.7 Å². The Labute approximate surface area is 173 Å². The van der Waals surface area contributed by atoms with Crippen LogP contribution in [0.4, 0.5) is 10.2 Å². The van der Waals surface area contributed by atoms with Crippen molar-refractivity contribution in [3.63, 3.8) is 0 Å². The van der Waals surface area contributed by atoms with Crippen molar-refractivity contribution in [3.05, 3.63) is 58.8 Å². The van der Waals surface area contributed by atoms with E-state index in [9.17, 15) is 9.65 Å². The van der Waals surface area contributed by atoms with Crippen LogP contribution in [0.1, 0.15) is 48.0 Å². The molecule has 1 saturated heterocycles. The Hall–Kier alpha value is -3.44. The number of hydrogen-bond donors (Lipinski definition) is 1. The number of rotatable bonds is 0. The van der Waals surface area contributed by atoms with Crippen molar-refractivity contribution < 1.29 is 9.13 Å². The van der Waals surface area contributed by atoms with Gasteiger partial charge in [-0.1, -0.05) is 6.07 Å². The Bertz CT molecular complexity index is 1200. The van der Waals surface area contributed by atoms with Gasteiger partial charge in [0.25, 0.3) is 0 Å². The third-order valence-electron chi connectivity index (χ3n) is 6.03. The molecule has 152 valence electrons. The molecule has 2 aliphatic heterocycles. The monoisotopic (exact) mass is 404 g/mol. The molecule has 2 bridgehead atoms. The number of ether oxygens (including phenoxy) is 1. The van der Waals surface area contributed by atoms with Gasteiger partial charge in [0, 0.05) is 43.5 Å². The minimum absolute atomic E-state index is 0.139. The maximum Gasteiger partial charge on any atom is 0.166 e. The van der Waals surface area contributed by atoms with Gasteiger partial charge in [-0.3, -0.25) is 9.58 Å². The van der Waals surface area contributed by atoms with Gasteiger partial charge in [-0.2, -0.15) is 10.4 Å². The Morgan fingerprint density at radius 2 is 2.13 bits per heavy atom. The van der Waals surface area contributed by atoms with Gasteiger partial charge in [-0.25, -0.2) is 9.37 Å². The molecule has 5 rings (SSSR count). The molecule has 2 N–H and O–H groups in total. The second-order valence-electron chi connectivity index (χ2n) is 7.82. The summed E-state index contributed by atoms with van der Waals surface area (Å²) in [6.07, 6.45) is 2.19. The second-order valence-corrected chi connectivity index (χ2v) is 7.82. The molecule has 3 aromatic rings. The van der Waals surface area contributed by atoms with E-state index >= 15 is 0 Å². The quantitative estimate of drug-likeness (QED) is 0.617. The number of fused-ring (bicyclic) bond motifs is 7. The van der Waals surface area contributed by atoms with Crippen LogP contribution in [0.15, 0.2) is 30.5 Å². The van der Waals surface area contributed by atoms with E-state index in [4.69, 9.17) is 10.5 Å². The molecular weight excluding hydrogens is 383 g/mol. The first-order chi connectivity index (χ1) is 14.5. The number of nitrogens with zero attached hydrogens (tertiary/aromatic N) is 5. The van der Waals surface area contributed by atoms with Crippen LogP contribution >= 0.6 is 0 Å². The van der Waals surface area contributed by atoms with Crippen LogP contribution in [0.3, 0.4) is 0 Å². The first kappa shape index (κ1) is 18.6. The lowest BCUT2D eigenvalue weighted by molar-refractivity contribution is 0.0776. The SMILES string of the molecule is C[C@H]1Oc2cc(cnc2N)-c2c(nn(C)c2C#N)CN2CCC2c2ccc(F)cc21. The van der Waals surface area contributed by atoms with Crippen molar-refractivity contribution in [3.8, 4) is 22.9 Å². The van der Waals surface area contributed by atoms with Crippen LogP contribution in [0.5, 0.6) is 5.75 Å². The maximum absolute atomic E-state index is 14.1. The van der Waals surface area contributed by atoms with Crippen molar-refractivity contribution in [2.75, 3.05) is 12.3 Å². The lowest BCUT2D eigenvalue weighted by atomic mass is 9.88. The number of aryl methyl sites for hydroxylation is 1. The largest absolute Gasteiger partial charge is 0.482 e. The van der Waals surface area contributed by atoms with Crippen LogP contribution in [-0.2, 0) is 13.6 Å². The molecule has 2 atom stereocenters. The normalized spacial score (nSPS) is 20.3. The highest BCUT2D eigenvalue weighted by molar-refractivity contribution is 5.73. The average molecular weight is 404 g/mol. The molecule has 1 aromatic carbocycles. The van der Waals surface area contributed by atoms with E-state index in [0.717, 1.165) is 40.9 Å². The van der Waals surface area contributed by atoms with Gasteiger partial charge >= 0.3 is 0 Å². The molecule has 0 amide bonds. The third-order valence-corrected chi connectivity index (χ3v) is 6.03. The Morgan fingerprint density at radius 1 is 1.30 bits per heavy atom. The standard InChI is InChI=1S/C22H21FN6O/c1-12-16-8-14(23)3-4-15(16)18-5-6-29(18)11-17-21(19(9-24)28(2)27-17)13-7-20(30-12)22(25)26-10-13/h3-4,7-8,10,12,18H,5-6,11H2,1-2H3,(H2,25,26)/t12-,18?/m1/s1. The highest BCUT2D eigenvalue weighted by Gasteiger charge is 2.34. The van der Waals surface area contributed by atoms with E-state index in [1.54, 1.807) is 24.0 Å². The molecule has 7 nitrogen and oxygen atoms in total. The first-order valence-corrected chi connectivity index (χ1v) is 9.88. The minimum atomic E-state index is -0.416. The lowest BCUT2D eigenvalue weighted by Gasteiger charge is -2.42. The van der Waals surface area contributed by atoms with Crippen LogP contribution in [0, 0.1) is 17.1 Å². The van der Waals surface area contributed by atoms with Gasteiger partial charge in [0.15, 0.2) is 11.6 Å². The van der Waals surface area contributed by atoms with Gasteiger partial charge in [0.05, 0.1) is 5.69 Å². The molecule has 8 heteroatoms. The average Bonchev–Trinajstić information content (AvgIpc) is 3.02. The molecule has 0 spiro atoms. The van der Waals surface area contributed by atoms with Crippen molar-refractivity contribution in [1.82, 2.24) is 19.7 Å². The highest BCUT2D eigenvalue weighted by Crippen LogP contribution is 2.42. The summed E-state index contributed by atoms with van der Waals surface area (Å²) in [4.78, 5) is 6.58. The van der Waals surface area contributed by atoms with Crippen molar-refractivity contribution in [1.29, 1.82) is 5.26 Å². The molecule has 30 heavy (non-hydrogen) atoms. The number of halogens is 1. The molecule has 0 aliphatic carbocycles. The summed E-state index contributed by atoms with van der Waals surface area (Å²) >= 11 is 0. The van der Waals surface area contributed by atoms with E-state index in [1.807, 2.05) is 13.0 Å². The topological polar surface area (TPSA) is 93.0 Å². The second kappa shape index (κ2) is 6.82. The van der Waals surface area contributed by atoms with Gasteiger partial charge in [-0.15, -0.1) is 0 Å². The number of nitrogen functional groups attached to an aromatic ring is 1. The predicted octanol–water partition coefficient (Wildman–Crippen LogP) is 3.48. The smallest absolute Gasteiger partial charge is 0.166 e. The number of nitrogens with two attached hydrogens (primary N) is 1. The summed E-state index contributed by atoms with van der Waals surface area (Å²) in [7, 11) is 1.76. The maximum atomic E-state index is 14.1. The predicted molar refractivity (Wildman–Crippen MR) is 109 cm³/mol. The summed E-state index contributed by atoms with van der Waals surface area (Å²) in [6, 6.07) is 9.05. The fourth-order valence-electron chi connectivity index (χ4n) is 4.44. The molecule has 1 fully saturated rings.